The molecule has 1 unspecified atom stereocenters. The van der Waals surface area contributed by atoms with Crippen LogP contribution in [0, 0.1) is 0 Å². The lowest BCUT2D eigenvalue weighted by molar-refractivity contribution is -0.161. The second kappa shape index (κ2) is 2.96. The quantitative estimate of drug-likeness (QED) is 0.646. The van der Waals surface area contributed by atoms with Crippen LogP contribution in [0.1, 0.15) is 19.8 Å². The van der Waals surface area contributed by atoms with Crippen molar-refractivity contribution in [3.8, 4) is 0 Å². The molecular formula is C9H15NO3. The number of hydrogen-bond donors (Lipinski definition) is 1. The summed E-state index contributed by atoms with van der Waals surface area (Å²) in [5.74, 6) is 0.0188. The fourth-order valence-electron chi connectivity index (χ4n) is 1.90. The van der Waals surface area contributed by atoms with Crippen molar-refractivity contribution < 1.29 is 14.6 Å². The van der Waals surface area contributed by atoms with E-state index in [0.717, 1.165) is 12.8 Å². The Hall–Kier alpha value is -0.610. The molecule has 2 fully saturated rings. The van der Waals surface area contributed by atoms with Gasteiger partial charge in [0.15, 0.2) is 0 Å². The van der Waals surface area contributed by atoms with Gasteiger partial charge in [0.25, 0.3) is 0 Å². The highest BCUT2D eigenvalue weighted by atomic mass is 16.5. The van der Waals surface area contributed by atoms with Crippen molar-refractivity contribution in [2.24, 2.45) is 0 Å². The number of amides is 1. The highest BCUT2D eigenvalue weighted by molar-refractivity contribution is 5.79. The summed E-state index contributed by atoms with van der Waals surface area (Å²) >= 11 is 0. The minimum absolute atomic E-state index is 0.0186. The number of carbonyl (C=O) groups excluding carboxylic acids is 1. The zero-order valence-electron chi connectivity index (χ0n) is 7.82. The largest absolute Gasteiger partial charge is 0.394 e. The summed E-state index contributed by atoms with van der Waals surface area (Å²) in [6.07, 6.45) is 2.14. The van der Waals surface area contributed by atoms with Crippen LogP contribution >= 0.6 is 0 Å². The Morgan fingerprint density at radius 2 is 2.38 bits per heavy atom. The van der Waals surface area contributed by atoms with Gasteiger partial charge in [-0.1, -0.05) is 0 Å². The van der Waals surface area contributed by atoms with Gasteiger partial charge >= 0.3 is 0 Å². The van der Waals surface area contributed by atoms with E-state index in [1.165, 1.54) is 0 Å². The SMILES string of the molecule is CC1(CO)COCC(=O)N1C1CC1. The molecule has 1 saturated heterocycles. The van der Waals surface area contributed by atoms with Crippen LogP contribution in [0.4, 0.5) is 0 Å². The van der Waals surface area contributed by atoms with E-state index < -0.39 is 5.54 Å². The number of aliphatic hydroxyl groups is 1. The van der Waals surface area contributed by atoms with Crippen molar-refractivity contribution >= 4 is 5.91 Å². The molecule has 4 heteroatoms. The summed E-state index contributed by atoms with van der Waals surface area (Å²) in [4.78, 5) is 13.4. The summed E-state index contributed by atoms with van der Waals surface area (Å²) in [5.41, 5.74) is -0.490. The number of rotatable bonds is 2. The fourth-order valence-corrected chi connectivity index (χ4v) is 1.90. The van der Waals surface area contributed by atoms with Crippen LogP contribution in [0.3, 0.4) is 0 Å². The zero-order valence-corrected chi connectivity index (χ0v) is 7.82. The first kappa shape index (κ1) is 8.97. The van der Waals surface area contributed by atoms with E-state index in [-0.39, 0.29) is 19.1 Å². The summed E-state index contributed by atoms with van der Waals surface area (Å²) in [5, 5.41) is 9.24. The average Bonchev–Trinajstić information content (AvgIpc) is 2.88. The molecule has 1 N–H and O–H groups in total. The van der Waals surface area contributed by atoms with E-state index in [9.17, 15) is 9.90 Å². The number of nitrogens with zero attached hydrogens (tertiary/aromatic N) is 1. The van der Waals surface area contributed by atoms with Crippen LogP contribution in [-0.4, -0.2) is 47.3 Å². The molecular weight excluding hydrogens is 170 g/mol. The van der Waals surface area contributed by atoms with Crippen LogP contribution in [-0.2, 0) is 9.53 Å². The third-order valence-electron chi connectivity index (χ3n) is 2.74. The molecule has 1 heterocycles. The third-order valence-corrected chi connectivity index (χ3v) is 2.74. The summed E-state index contributed by atoms with van der Waals surface area (Å²) in [6.45, 7) is 2.48. The molecule has 0 radical (unpaired) electrons. The van der Waals surface area contributed by atoms with Crippen molar-refractivity contribution in [1.82, 2.24) is 4.90 Å². The van der Waals surface area contributed by atoms with E-state index in [2.05, 4.69) is 0 Å². The minimum atomic E-state index is -0.490. The highest BCUT2D eigenvalue weighted by Crippen LogP contribution is 2.34. The molecule has 1 aliphatic carbocycles. The predicted octanol–water partition coefficient (Wildman–Crippen LogP) is -0.241. The Morgan fingerprint density at radius 1 is 1.69 bits per heavy atom. The molecule has 1 saturated carbocycles. The van der Waals surface area contributed by atoms with E-state index in [4.69, 9.17) is 4.74 Å². The van der Waals surface area contributed by atoms with Crippen LogP contribution < -0.4 is 0 Å². The number of ether oxygens (including phenoxy) is 1. The van der Waals surface area contributed by atoms with Crippen molar-refractivity contribution in [2.75, 3.05) is 19.8 Å². The van der Waals surface area contributed by atoms with Crippen LogP contribution in [0.25, 0.3) is 0 Å². The monoisotopic (exact) mass is 185 g/mol. The van der Waals surface area contributed by atoms with E-state index in [1.807, 2.05) is 11.8 Å². The molecule has 4 nitrogen and oxygen atoms in total. The molecule has 0 aromatic carbocycles. The maximum atomic E-state index is 11.5. The molecule has 0 bridgehead atoms. The van der Waals surface area contributed by atoms with Gasteiger partial charge in [-0.2, -0.15) is 0 Å². The van der Waals surface area contributed by atoms with E-state index >= 15 is 0 Å². The number of aliphatic hydroxyl groups excluding tert-OH is 1. The fraction of sp³-hybridized carbons (Fsp3) is 0.889. The summed E-state index contributed by atoms with van der Waals surface area (Å²) in [6, 6.07) is 0.355. The lowest BCUT2D eigenvalue weighted by Crippen LogP contribution is -2.60. The number of carbonyl (C=O) groups is 1. The minimum Gasteiger partial charge on any atom is -0.394 e. The summed E-state index contributed by atoms with van der Waals surface area (Å²) < 4.78 is 5.15. The van der Waals surface area contributed by atoms with Crippen molar-refractivity contribution in [3.05, 3.63) is 0 Å². The van der Waals surface area contributed by atoms with E-state index in [0.29, 0.717) is 12.6 Å². The highest BCUT2D eigenvalue weighted by Gasteiger charge is 2.46. The van der Waals surface area contributed by atoms with Crippen molar-refractivity contribution in [2.45, 2.75) is 31.3 Å². The second-order valence-corrected chi connectivity index (χ2v) is 4.14. The molecule has 0 aromatic rings. The van der Waals surface area contributed by atoms with Gasteiger partial charge in [0.05, 0.1) is 18.8 Å². The molecule has 13 heavy (non-hydrogen) atoms. The molecule has 2 rings (SSSR count). The van der Waals surface area contributed by atoms with E-state index in [1.54, 1.807) is 0 Å². The van der Waals surface area contributed by atoms with Gasteiger partial charge in [0.2, 0.25) is 5.91 Å². The standard InChI is InChI=1S/C9H15NO3/c1-9(5-11)6-13-4-8(12)10(9)7-2-3-7/h7,11H,2-6H2,1H3. The summed E-state index contributed by atoms with van der Waals surface area (Å²) in [7, 11) is 0. The number of morpholine rings is 1. The molecule has 74 valence electrons. The Morgan fingerprint density at radius 3 is 2.92 bits per heavy atom. The molecule has 0 spiro atoms. The Balaban J connectivity index is 2.18. The van der Waals surface area contributed by atoms with Crippen LogP contribution in [0.2, 0.25) is 0 Å². The first-order chi connectivity index (χ1) is 6.17. The average molecular weight is 185 g/mol. The molecule has 2 aliphatic rings. The van der Waals surface area contributed by atoms with Gasteiger partial charge in [-0.15, -0.1) is 0 Å². The predicted molar refractivity (Wildman–Crippen MR) is 46.2 cm³/mol. The maximum absolute atomic E-state index is 11.5. The molecule has 1 amide bonds. The van der Waals surface area contributed by atoms with Crippen molar-refractivity contribution in [1.29, 1.82) is 0 Å². The van der Waals surface area contributed by atoms with Gasteiger partial charge < -0.3 is 14.7 Å². The smallest absolute Gasteiger partial charge is 0.249 e. The number of hydrogen-bond acceptors (Lipinski definition) is 3. The first-order valence-electron chi connectivity index (χ1n) is 4.68. The van der Waals surface area contributed by atoms with Gasteiger partial charge in [-0.25, -0.2) is 0 Å². The lowest BCUT2D eigenvalue weighted by atomic mass is 10.0. The third kappa shape index (κ3) is 1.44. The van der Waals surface area contributed by atoms with Gasteiger partial charge in [-0.05, 0) is 19.8 Å². The Labute approximate surface area is 77.5 Å². The van der Waals surface area contributed by atoms with Gasteiger partial charge in [0, 0.05) is 6.04 Å². The van der Waals surface area contributed by atoms with Gasteiger partial charge in [0.1, 0.15) is 6.61 Å². The zero-order chi connectivity index (χ0) is 9.47. The normalized spacial score (nSPS) is 35.2. The lowest BCUT2D eigenvalue weighted by Gasteiger charge is -2.43. The van der Waals surface area contributed by atoms with Crippen LogP contribution in [0.5, 0.6) is 0 Å². The topological polar surface area (TPSA) is 49.8 Å². The maximum Gasteiger partial charge on any atom is 0.249 e. The first-order valence-corrected chi connectivity index (χ1v) is 4.68. The molecule has 1 aliphatic heterocycles. The van der Waals surface area contributed by atoms with Gasteiger partial charge in [-0.3, -0.25) is 4.79 Å². The Kier molecular flexibility index (Phi) is 2.04. The van der Waals surface area contributed by atoms with Crippen LogP contribution in [0.15, 0.2) is 0 Å². The molecule has 0 aromatic heterocycles. The second-order valence-electron chi connectivity index (χ2n) is 4.14. The Bertz CT molecular complexity index is 227. The molecule has 1 atom stereocenters. The van der Waals surface area contributed by atoms with Crippen molar-refractivity contribution in [3.63, 3.8) is 0 Å².